The van der Waals surface area contributed by atoms with Gasteiger partial charge >= 0.3 is 5.97 Å². The second kappa shape index (κ2) is 7.28. The zero-order chi connectivity index (χ0) is 16.0. The van der Waals surface area contributed by atoms with Crippen LogP contribution in [0.4, 0.5) is 5.69 Å². The molecular weight excluding hydrogens is 274 g/mol. The first-order valence-corrected chi connectivity index (χ1v) is 6.47. The molecule has 0 radical (unpaired) electrons. The van der Waals surface area contributed by atoms with Crippen molar-refractivity contribution < 1.29 is 19.5 Å². The Hall–Kier alpha value is -2.57. The second-order valence-corrected chi connectivity index (χ2v) is 4.89. The molecule has 2 amide bonds. The summed E-state index contributed by atoms with van der Waals surface area (Å²) in [5, 5.41) is 14.2. The first-order valence-electron chi connectivity index (χ1n) is 6.47. The topological polar surface area (TPSA) is 122 Å². The minimum Gasteiger partial charge on any atom is -0.480 e. The monoisotopic (exact) mass is 293 g/mol. The zero-order valence-electron chi connectivity index (χ0n) is 11.9. The summed E-state index contributed by atoms with van der Waals surface area (Å²) in [6.45, 7) is 3.25. The van der Waals surface area contributed by atoms with Gasteiger partial charge in [0.05, 0.1) is 12.1 Å². The number of benzene rings is 1. The second-order valence-electron chi connectivity index (χ2n) is 4.89. The van der Waals surface area contributed by atoms with Gasteiger partial charge in [-0.05, 0) is 18.1 Å². The van der Waals surface area contributed by atoms with E-state index in [2.05, 4.69) is 10.6 Å². The summed E-state index contributed by atoms with van der Waals surface area (Å²) in [4.78, 5) is 34.0. The SMILES string of the molecule is CC(C)[C@H](NC(=O)CNc1ccccc1C(N)=O)C(=O)O. The van der Waals surface area contributed by atoms with Gasteiger partial charge in [-0.25, -0.2) is 4.79 Å². The standard InChI is InChI=1S/C14H19N3O4/c1-8(2)12(14(20)21)17-11(18)7-16-10-6-4-3-5-9(10)13(15)19/h3-6,8,12,16H,7H2,1-2H3,(H2,15,19)(H,17,18)(H,20,21)/t12-/m0/s1. The molecule has 5 N–H and O–H groups in total. The predicted octanol–water partition coefficient (Wildman–Crippen LogP) is 0.423. The van der Waals surface area contributed by atoms with Gasteiger partial charge in [0, 0.05) is 5.69 Å². The number of carboxylic acids is 1. The molecule has 1 aromatic carbocycles. The largest absolute Gasteiger partial charge is 0.480 e. The summed E-state index contributed by atoms with van der Waals surface area (Å²) in [5.41, 5.74) is 5.92. The van der Waals surface area contributed by atoms with Crippen LogP contribution in [-0.2, 0) is 9.59 Å². The number of carbonyl (C=O) groups excluding carboxylic acids is 2. The van der Waals surface area contributed by atoms with Gasteiger partial charge in [0.15, 0.2) is 0 Å². The van der Waals surface area contributed by atoms with E-state index in [0.29, 0.717) is 5.69 Å². The van der Waals surface area contributed by atoms with Crippen molar-refractivity contribution in [3.63, 3.8) is 0 Å². The van der Waals surface area contributed by atoms with Gasteiger partial charge in [-0.2, -0.15) is 0 Å². The Kier molecular flexibility index (Phi) is 5.71. The molecule has 0 aliphatic rings. The van der Waals surface area contributed by atoms with Crippen LogP contribution in [0.25, 0.3) is 0 Å². The van der Waals surface area contributed by atoms with E-state index in [4.69, 9.17) is 10.8 Å². The minimum atomic E-state index is -1.09. The summed E-state index contributed by atoms with van der Waals surface area (Å²) in [6.07, 6.45) is 0. The number of aliphatic carboxylic acids is 1. The first-order chi connectivity index (χ1) is 9.82. The van der Waals surface area contributed by atoms with Crippen LogP contribution < -0.4 is 16.4 Å². The van der Waals surface area contributed by atoms with Gasteiger partial charge in [0.1, 0.15) is 6.04 Å². The van der Waals surface area contributed by atoms with Gasteiger partial charge in [0.25, 0.3) is 5.91 Å². The fourth-order valence-electron chi connectivity index (χ4n) is 1.77. The molecule has 1 aromatic rings. The number of nitrogens with two attached hydrogens (primary N) is 1. The van der Waals surface area contributed by atoms with Crippen molar-refractivity contribution >= 4 is 23.5 Å². The normalized spacial score (nSPS) is 11.8. The third-order valence-electron chi connectivity index (χ3n) is 2.88. The summed E-state index contributed by atoms with van der Waals surface area (Å²) in [7, 11) is 0. The van der Waals surface area contributed by atoms with Crippen molar-refractivity contribution in [3.05, 3.63) is 29.8 Å². The number of anilines is 1. The summed E-state index contributed by atoms with van der Waals surface area (Å²) in [5.74, 6) is -2.40. The Labute approximate surface area is 122 Å². The number of para-hydroxylation sites is 1. The molecule has 1 rings (SSSR count). The lowest BCUT2D eigenvalue weighted by molar-refractivity contribution is -0.142. The molecule has 1 atom stereocenters. The highest BCUT2D eigenvalue weighted by Crippen LogP contribution is 2.13. The van der Waals surface area contributed by atoms with Crippen molar-refractivity contribution in [2.24, 2.45) is 11.7 Å². The van der Waals surface area contributed by atoms with Crippen molar-refractivity contribution in [2.45, 2.75) is 19.9 Å². The number of amides is 2. The number of nitrogens with one attached hydrogen (secondary N) is 2. The van der Waals surface area contributed by atoms with Crippen molar-refractivity contribution in [2.75, 3.05) is 11.9 Å². The van der Waals surface area contributed by atoms with Crippen molar-refractivity contribution in [3.8, 4) is 0 Å². The lowest BCUT2D eigenvalue weighted by Crippen LogP contribution is -2.46. The van der Waals surface area contributed by atoms with E-state index >= 15 is 0 Å². The fourth-order valence-corrected chi connectivity index (χ4v) is 1.77. The highest BCUT2D eigenvalue weighted by molar-refractivity contribution is 5.99. The summed E-state index contributed by atoms with van der Waals surface area (Å²) in [6, 6.07) is 5.55. The van der Waals surface area contributed by atoms with Crippen LogP contribution in [0.2, 0.25) is 0 Å². The smallest absolute Gasteiger partial charge is 0.326 e. The summed E-state index contributed by atoms with van der Waals surface area (Å²) >= 11 is 0. The quantitative estimate of drug-likeness (QED) is 0.580. The van der Waals surface area contributed by atoms with Gasteiger partial charge in [0.2, 0.25) is 5.91 Å². The van der Waals surface area contributed by atoms with E-state index in [1.54, 1.807) is 32.0 Å². The maximum absolute atomic E-state index is 11.8. The number of rotatable bonds is 7. The van der Waals surface area contributed by atoms with Crippen LogP contribution >= 0.6 is 0 Å². The molecule has 7 nitrogen and oxygen atoms in total. The number of hydrogen-bond acceptors (Lipinski definition) is 4. The maximum atomic E-state index is 11.8. The zero-order valence-corrected chi connectivity index (χ0v) is 11.9. The first kappa shape index (κ1) is 16.5. The number of carbonyl (C=O) groups is 3. The Morgan fingerprint density at radius 1 is 1.24 bits per heavy atom. The third kappa shape index (κ3) is 4.79. The maximum Gasteiger partial charge on any atom is 0.326 e. The molecule has 0 saturated carbocycles. The average Bonchev–Trinajstić information content (AvgIpc) is 2.42. The van der Waals surface area contributed by atoms with Crippen molar-refractivity contribution in [1.29, 1.82) is 0 Å². The molecule has 114 valence electrons. The Morgan fingerprint density at radius 3 is 2.38 bits per heavy atom. The van der Waals surface area contributed by atoms with Crippen molar-refractivity contribution in [1.82, 2.24) is 5.32 Å². The highest BCUT2D eigenvalue weighted by atomic mass is 16.4. The lowest BCUT2D eigenvalue weighted by Gasteiger charge is -2.18. The van der Waals surface area contributed by atoms with Crippen LogP contribution in [0.1, 0.15) is 24.2 Å². The van der Waals surface area contributed by atoms with Gasteiger partial charge < -0.3 is 21.5 Å². The van der Waals surface area contributed by atoms with Crippen LogP contribution in [-0.4, -0.2) is 35.5 Å². The molecular formula is C14H19N3O4. The number of hydrogen-bond donors (Lipinski definition) is 4. The van der Waals surface area contributed by atoms with E-state index in [9.17, 15) is 14.4 Å². The lowest BCUT2D eigenvalue weighted by atomic mass is 10.0. The highest BCUT2D eigenvalue weighted by Gasteiger charge is 2.23. The van der Waals surface area contributed by atoms with Gasteiger partial charge in [-0.15, -0.1) is 0 Å². The molecule has 0 aromatic heterocycles. The van der Waals surface area contributed by atoms with E-state index in [1.165, 1.54) is 6.07 Å². The van der Waals surface area contributed by atoms with Crippen LogP contribution in [0, 0.1) is 5.92 Å². The Morgan fingerprint density at radius 2 is 1.86 bits per heavy atom. The third-order valence-corrected chi connectivity index (χ3v) is 2.88. The van der Waals surface area contributed by atoms with E-state index in [1.807, 2.05) is 0 Å². The summed E-state index contributed by atoms with van der Waals surface area (Å²) < 4.78 is 0. The molecule has 21 heavy (non-hydrogen) atoms. The molecule has 0 fully saturated rings. The minimum absolute atomic E-state index is 0.152. The van der Waals surface area contributed by atoms with E-state index in [-0.39, 0.29) is 18.0 Å². The van der Waals surface area contributed by atoms with Gasteiger partial charge in [-0.1, -0.05) is 26.0 Å². The van der Waals surface area contributed by atoms with Crippen LogP contribution in [0.5, 0.6) is 0 Å². The Bertz CT molecular complexity index is 543. The average molecular weight is 293 g/mol. The van der Waals surface area contributed by atoms with Crippen LogP contribution in [0.15, 0.2) is 24.3 Å². The van der Waals surface area contributed by atoms with E-state index in [0.717, 1.165) is 0 Å². The molecule has 0 aliphatic heterocycles. The predicted molar refractivity (Wildman–Crippen MR) is 77.9 cm³/mol. The molecule has 0 aliphatic carbocycles. The Balaban J connectivity index is 2.65. The molecule has 7 heteroatoms. The van der Waals surface area contributed by atoms with E-state index < -0.39 is 23.8 Å². The number of carboxylic acid groups (broad SMARTS) is 1. The fraction of sp³-hybridized carbons (Fsp3) is 0.357. The molecule has 0 saturated heterocycles. The molecule has 0 spiro atoms. The molecule has 0 bridgehead atoms. The van der Waals surface area contributed by atoms with Gasteiger partial charge in [-0.3, -0.25) is 9.59 Å². The van der Waals surface area contributed by atoms with Crippen LogP contribution in [0.3, 0.4) is 0 Å². The number of primary amides is 1. The molecule has 0 heterocycles. The molecule has 0 unspecified atom stereocenters.